The number of carbonyl (C=O) groups is 1. The van der Waals surface area contributed by atoms with Gasteiger partial charge in [0.25, 0.3) is 0 Å². The Bertz CT molecular complexity index is 817. The normalized spacial score (nSPS) is 13.3. The number of carbonyl (C=O) groups excluding carboxylic acids is 1. The Morgan fingerprint density at radius 3 is 2.23 bits per heavy atom. The van der Waals surface area contributed by atoms with Gasteiger partial charge >= 0.3 is 6.03 Å². The van der Waals surface area contributed by atoms with E-state index in [1.807, 2.05) is 0 Å². The molecule has 26 heavy (non-hydrogen) atoms. The first kappa shape index (κ1) is 18.8. The minimum absolute atomic E-state index is 0.0195. The van der Waals surface area contributed by atoms with E-state index in [4.69, 9.17) is 44.3 Å². The zero-order valence-corrected chi connectivity index (χ0v) is 16.2. The number of methoxy groups -OCH3 is 2. The monoisotopic (exact) mass is 416 g/mol. The van der Waals surface area contributed by atoms with Gasteiger partial charge in [0, 0.05) is 18.2 Å². The summed E-state index contributed by atoms with van der Waals surface area (Å²) in [7, 11) is 2.92. The van der Waals surface area contributed by atoms with E-state index in [1.54, 1.807) is 6.07 Å². The van der Waals surface area contributed by atoms with E-state index < -0.39 is 6.03 Å². The van der Waals surface area contributed by atoms with E-state index in [-0.39, 0.29) is 26.9 Å². The predicted octanol–water partition coefficient (Wildman–Crippen LogP) is 4.65. The van der Waals surface area contributed by atoms with Crippen molar-refractivity contribution in [2.75, 3.05) is 24.4 Å². The van der Waals surface area contributed by atoms with Crippen LogP contribution in [0.1, 0.15) is 12.8 Å². The third-order valence-electron chi connectivity index (χ3n) is 3.80. The zero-order chi connectivity index (χ0) is 18.8. The summed E-state index contributed by atoms with van der Waals surface area (Å²) in [5.41, 5.74) is 0.195. The van der Waals surface area contributed by atoms with Gasteiger partial charge in [0.05, 0.1) is 19.9 Å². The first-order chi connectivity index (χ1) is 12.5. The summed E-state index contributed by atoms with van der Waals surface area (Å²) in [6.07, 6.45) is 3.02. The maximum Gasteiger partial charge on any atom is 0.327 e. The van der Waals surface area contributed by atoms with E-state index >= 15 is 0 Å². The summed E-state index contributed by atoms with van der Waals surface area (Å²) in [4.78, 5) is 22.4. The third kappa shape index (κ3) is 3.75. The number of hydrogen-bond acceptors (Lipinski definition) is 5. The largest absolute Gasteiger partial charge is 0.495 e. The molecule has 10 heteroatoms. The molecule has 0 bridgehead atoms. The number of amides is 2. The summed E-state index contributed by atoms with van der Waals surface area (Å²) in [5.74, 6) is 1.05. The molecule has 0 atom stereocenters. The summed E-state index contributed by atoms with van der Waals surface area (Å²) in [6, 6.07) is 2.64. The average molecular weight is 418 g/mol. The topological polar surface area (TPSA) is 76.6 Å². The second kappa shape index (κ2) is 7.73. The van der Waals surface area contributed by atoms with Crippen LogP contribution in [0.25, 0.3) is 0 Å². The molecule has 1 aromatic carbocycles. The van der Waals surface area contributed by atoms with Crippen LogP contribution in [-0.4, -0.2) is 36.3 Å². The fraction of sp³-hybridized carbons (Fsp3) is 0.312. The molecule has 0 saturated heterocycles. The lowest BCUT2D eigenvalue weighted by molar-refractivity contribution is 0.256. The first-order valence-corrected chi connectivity index (χ1v) is 8.77. The molecule has 138 valence electrons. The molecule has 0 radical (unpaired) electrons. The van der Waals surface area contributed by atoms with Gasteiger partial charge in [-0.25, -0.2) is 14.8 Å². The molecular formula is C16H15Cl3N4O3. The highest BCUT2D eigenvalue weighted by atomic mass is 35.5. The van der Waals surface area contributed by atoms with Gasteiger partial charge in [-0.05, 0) is 12.8 Å². The Morgan fingerprint density at radius 2 is 1.73 bits per heavy atom. The molecule has 1 saturated carbocycles. The van der Waals surface area contributed by atoms with E-state index in [1.165, 1.54) is 31.5 Å². The fourth-order valence-electron chi connectivity index (χ4n) is 2.41. The third-order valence-corrected chi connectivity index (χ3v) is 4.76. The van der Waals surface area contributed by atoms with Crippen LogP contribution >= 0.6 is 34.8 Å². The number of benzene rings is 1. The first-order valence-electron chi connectivity index (χ1n) is 7.64. The molecule has 0 unspecified atom stereocenters. The van der Waals surface area contributed by atoms with Gasteiger partial charge in [-0.2, -0.15) is 0 Å². The number of nitrogens with one attached hydrogen (secondary N) is 1. The highest BCUT2D eigenvalue weighted by molar-refractivity contribution is 6.41. The Labute approximate surface area is 165 Å². The lowest BCUT2D eigenvalue weighted by Gasteiger charge is -2.23. The van der Waals surface area contributed by atoms with Crippen LogP contribution in [0, 0.1) is 0 Å². The second-order valence-corrected chi connectivity index (χ2v) is 6.66. The molecule has 1 aliphatic rings. The van der Waals surface area contributed by atoms with Crippen molar-refractivity contribution in [3.8, 4) is 11.5 Å². The number of halogens is 3. The summed E-state index contributed by atoms with van der Waals surface area (Å²) in [5, 5.41) is 3.31. The van der Waals surface area contributed by atoms with Crippen molar-refractivity contribution in [2.24, 2.45) is 0 Å². The van der Waals surface area contributed by atoms with Gasteiger partial charge in [0.2, 0.25) is 0 Å². The lowest BCUT2D eigenvalue weighted by atomic mass is 10.2. The minimum atomic E-state index is -0.443. The minimum Gasteiger partial charge on any atom is -0.495 e. The molecule has 1 fully saturated rings. The van der Waals surface area contributed by atoms with Crippen molar-refractivity contribution < 1.29 is 14.3 Å². The lowest BCUT2D eigenvalue weighted by Crippen LogP contribution is -2.37. The molecule has 0 spiro atoms. The van der Waals surface area contributed by atoms with Crippen LogP contribution < -0.4 is 19.7 Å². The highest BCUT2D eigenvalue weighted by Gasteiger charge is 2.35. The van der Waals surface area contributed by atoms with Crippen molar-refractivity contribution in [3.05, 3.63) is 33.7 Å². The Kier molecular flexibility index (Phi) is 5.60. The second-order valence-electron chi connectivity index (χ2n) is 5.51. The van der Waals surface area contributed by atoms with Crippen molar-refractivity contribution in [3.63, 3.8) is 0 Å². The molecule has 1 N–H and O–H groups in total. The molecule has 1 aromatic heterocycles. The van der Waals surface area contributed by atoms with E-state index in [0.29, 0.717) is 17.3 Å². The van der Waals surface area contributed by atoms with Crippen molar-refractivity contribution in [1.29, 1.82) is 0 Å². The number of urea groups is 1. The molecule has 1 heterocycles. The van der Waals surface area contributed by atoms with Gasteiger partial charge in [-0.15, -0.1) is 0 Å². The van der Waals surface area contributed by atoms with Crippen LogP contribution in [0.4, 0.5) is 16.3 Å². The van der Waals surface area contributed by atoms with Gasteiger partial charge in [0.1, 0.15) is 38.8 Å². The SMILES string of the molecule is COc1cc(OC)c(Cl)c(NC(=O)N(c2cc(Cl)ncn2)C2CC2)c1Cl. The van der Waals surface area contributed by atoms with Gasteiger partial charge in [0.15, 0.2) is 0 Å². The predicted molar refractivity (Wildman–Crippen MR) is 101 cm³/mol. The van der Waals surface area contributed by atoms with Crippen LogP contribution in [0.3, 0.4) is 0 Å². The van der Waals surface area contributed by atoms with Crippen molar-refractivity contribution in [1.82, 2.24) is 9.97 Å². The molecule has 3 rings (SSSR count). The van der Waals surface area contributed by atoms with Gasteiger partial charge < -0.3 is 14.8 Å². The van der Waals surface area contributed by atoms with E-state index in [2.05, 4.69) is 15.3 Å². The molecular weight excluding hydrogens is 403 g/mol. The van der Waals surface area contributed by atoms with E-state index in [0.717, 1.165) is 12.8 Å². The Morgan fingerprint density at radius 1 is 1.12 bits per heavy atom. The van der Waals surface area contributed by atoms with Crippen molar-refractivity contribution >= 4 is 52.3 Å². The van der Waals surface area contributed by atoms with Gasteiger partial charge in [-0.1, -0.05) is 34.8 Å². The summed E-state index contributed by atoms with van der Waals surface area (Å²) < 4.78 is 10.4. The molecule has 0 aliphatic heterocycles. The number of ether oxygens (including phenoxy) is 2. The van der Waals surface area contributed by atoms with Crippen LogP contribution in [0.2, 0.25) is 15.2 Å². The summed E-state index contributed by atoms with van der Waals surface area (Å²) in [6.45, 7) is 0. The molecule has 2 amide bonds. The number of rotatable bonds is 5. The van der Waals surface area contributed by atoms with Crippen LogP contribution in [0.15, 0.2) is 18.5 Å². The molecule has 2 aromatic rings. The van der Waals surface area contributed by atoms with E-state index in [9.17, 15) is 4.79 Å². The number of nitrogens with zero attached hydrogens (tertiary/aromatic N) is 3. The van der Waals surface area contributed by atoms with Crippen LogP contribution in [-0.2, 0) is 0 Å². The number of hydrogen-bond donors (Lipinski definition) is 1. The maximum absolute atomic E-state index is 12.9. The Balaban J connectivity index is 1.96. The Hall–Kier alpha value is -1.96. The standard InChI is InChI=1S/C16H15Cl3N4O3/c1-25-9-5-10(26-2)14(19)15(13(9)18)22-16(24)23(8-3-4-8)12-6-11(17)20-7-21-12/h5-8H,3-4H2,1-2H3,(H,22,24). The quantitative estimate of drug-likeness (QED) is 0.716. The van der Waals surface area contributed by atoms with Crippen molar-refractivity contribution in [2.45, 2.75) is 18.9 Å². The average Bonchev–Trinajstić information content (AvgIpc) is 3.44. The maximum atomic E-state index is 12.9. The van der Waals surface area contributed by atoms with Gasteiger partial charge in [-0.3, -0.25) is 4.90 Å². The molecule has 1 aliphatic carbocycles. The fourth-order valence-corrected chi connectivity index (χ4v) is 3.14. The number of anilines is 2. The number of aromatic nitrogens is 2. The zero-order valence-electron chi connectivity index (χ0n) is 13.9. The highest BCUT2D eigenvalue weighted by Crippen LogP contribution is 2.44. The smallest absolute Gasteiger partial charge is 0.327 e. The van der Waals surface area contributed by atoms with Crippen LogP contribution in [0.5, 0.6) is 11.5 Å². The molecule has 7 nitrogen and oxygen atoms in total. The summed E-state index contributed by atoms with van der Waals surface area (Å²) >= 11 is 18.6.